The molecule has 0 aliphatic carbocycles. The van der Waals surface area contributed by atoms with Crippen molar-refractivity contribution in [1.82, 2.24) is 10.2 Å². The van der Waals surface area contributed by atoms with Crippen molar-refractivity contribution in [3.05, 3.63) is 29.3 Å². The molecule has 2 atom stereocenters. The average Bonchev–Trinajstić information content (AvgIpc) is 2.74. The monoisotopic (exact) mass is 295 g/mol. The SMILES string of the molecule is O[C@H]1CNC[C@@H]1N1CCCN(c2ccc(Cl)cc2)CC1. The van der Waals surface area contributed by atoms with Gasteiger partial charge in [-0.2, -0.15) is 0 Å². The molecule has 2 fully saturated rings. The first-order chi connectivity index (χ1) is 9.74. The molecule has 110 valence electrons. The van der Waals surface area contributed by atoms with Crippen LogP contribution in [0.2, 0.25) is 5.02 Å². The molecule has 0 unspecified atom stereocenters. The first-order valence-corrected chi connectivity index (χ1v) is 7.75. The molecule has 20 heavy (non-hydrogen) atoms. The number of β-amino-alcohol motifs (C(OH)–C–C–N with tert-alkyl or cyclic N) is 1. The van der Waals surface area contributed by atoms with Gasteiger partial charge < -0.3 is 15.3 Å². The van der Waals surface area contributed by atoms with E-state index in [0.717, 1.165) is 50.7 Å². The lowest BCUT2D eigenvalue weighted by atomic mass is 10.2. The van der Waals surface area contributed by atoms with Crippen molar-refractivity contribution in [3.8, 4) is 0 Å². The number of rotatable bonds is 2. The molecule has 2 heterocycles. The van der Waals surface area contributed by atoms with E-state index in [4.69, 9.17) is 11.6 Å². The van der Waals surface area contributed by atoms with E-state index in [0.29, 0.717) is 0 Å². The van der Waals surface area contributed by atoms with E-state index in [1.165, 1.54) is 5.69 Å². The zero-order valence-corrected chi connectivity index (χ0v) is 12.4. The van der Waals surface area contributed by atoms with Crippen LogP contribution in [0.1, 0.15) is 6.42 Å². The van der Waals surface area contributed by atoms with Crippen LogP contribution in [0.3, 0.4) is 0 Å². The quantitative estimate of drug-likeness (QED) is 0.860. The summed E-state index contributed by atoms with van der Waals surface area (Å²) in [5.41, 5.74) is 1.24. The maximum absolute atomic E-state index is 10.0. The Hall–Kier alpha value is -0.810. The molecular formula is C15H22ClN3O. The van der Waals surface area contributed by atoms with E-state index < -0.39 is 0 Å². The smallest absolute Gasteiger partial charge is 0.0831 e. The van der Waals surface area contributed by atoms with Crippen LogP contribution in [0.5, 0.6) is 0 Å². The molecule has 5 heteroatoms. The number of anilines is 1. The highest BCUT2D eigenvalue weighted by atomic mass is 35.5. The fourth-order valence-electron chi connectivity index (χ4n) is 3.20. The van der Waals surface area contributed by atoms with Gasteiger partial charge in [0, 0.05) is 56.0 Å². The van der Waals surface area contributed by atoms with Crippen molar-refractivity contribution in [3.63, 3.8) is 0 Å². The van der Waals surface area contributed by atoms with Gasteiger partial charge in [-0.15, -0.1) is 0 Å². The van der Waals surface area contributed by atoms with Crippen LogP contribution in [0.15, 0.2) is 24.3 Å². The summed E-state index contributed by atoms with van der Waals surface area (Å²) in [5, 5.41) is 14.1. The molecule has 3 rings (SSSR count). The molecule has 1 aromatic rings. The summed E-state index contributed by atoms with van der Waals surface area (Å²) < 4.78 is 0. The number of hydrogen-bond acceptors (Lipinski definition) is 4. The predicted molar refractivity (Wildman–Crippen MR) is 82.5 cm³/mol. The van der Waals surface area contributed by atoms with E-state index in [2.05, 4.69) is 27.2 Å². The largest absolute Gasteiger partial charge is 0.390 e. The third kappa shape index (κ3) is 3.09. The number of aliphatic hydroxyl groups excluding tert-OH is 1. The minimum atomic E-state index is -0.225. The molecule has 2 aliphatic heterocycles. The van der Waals surface area contributed by atoms with Crippen molar-refractivity contribution in [1.29, 1.82) is 0 Å². The fourth-order valence-corrected chi connectivity index (χ4v) is 3.33. The minimum Gasteiger partial charge on any atom is -0.390 e. The average molecular weight is 296 g/mol. The third-order valence-electron chi connectivity index (χ3n) is 4.34. The second-order valence-electron chi connectivity index (χ2n) is 5.65. The highest BCUT2D eigenvalue weighted by molar-refractivity contribution is 6.30. The van der Waals surface area contributed by atoms with Gasteiger partial charge in [-0.1, -0.05) is 11.6 Å². The lowest BCUT2D eigenvalue weighted by molar-refractivity contribution is 0.0875. The zero-order chi connectivity index (χ0) is 13.9. The molecule has 0 radical (unpaired) electrons. The Bertz CT molecular complexity index is 439. The summed E-state index contributed by atoms with van der Waals surface area (Å²) in [7, 11) is 0. The Balaban J connectivity index is 1.63. The van der Waals surface area contributed by atoms with Gasteiger partial charge in [0.05, 0.1) is 6.10 Å². The lowest BCUT2D eigenvalue weighted by Gasteiger charge is -2.29. The van der Waals surface area contributed by atoms with E-state index in [-0.39, 0.29) is 12.1 Å². The van der Waals surface area contributed by atoms with Crippen LogP contribution in [-0.4, -0.2) is 61.4 Å². The predicted octanol–water partition coefficient (Wildman–Crippen LogP) is 1.18. The Morgan fingerprint density at radius 2 is 1.85 bits per heavy atom. The van der Waals surface area contributed by atoms with E-state index in [1.54, 1.807) is 0 Å². The Kier molecular flexibility index (Phi) is 4.46. The van der Waals surface area contributed by atoms with Gasteiger partial charge >= 0.3 is 0 Å². The molecule has 2 saturated heterocycles. The number of nitrogens with one attached hydrogen (secondary N) is 1. The number of hydrogen-bond donors (Lipinski definition) is 2. The maximum atomic E-state index is 10.0. The Morgan fingerprint density at radius 3 is 2.55 bits per heavy atom. The first kappa shape index (κ1) is 14.1. The molecular weight excluding hydrogens is 274 g/mol. The molecule has 0 saturated carbocycles. The first-order valence-electron chi connectivity index (χ1n) is 7.37. The molecule has 1 aromatic carbocycles. The number of aliphatic hydroxyl groups is 1. The van der Waals surface area contributed by atoms with E-state index in [9.17, 15) is 5.11 Å². The molecule has 2 N–H and O–H groups in total. The minimum absolute atomic E-state index is 0.225. The van der Waals surface area contributed by atoms with Gasteiger partial charge in [0.15, 0.2) is 0 Å². The van der Waals surface area contributed by atoms with Gasteiger partial charge in [0.2, 0.25) is 0 Å². The molecule has 4 nitrogen and oxygen atoms in total. The van der Waals surface area contributed by atoms with Crippen LogP contribution in [0.25, 0.3) is 0 Å². The highest BCUT2D eigenvalue weighted by Gasteiger charge is 2.31. The zero-order valence-electron chi connectivity index (χ0n) is 11.6. The topological polar surface area (TPSA) is 38.7 Å². The van der Waals surface area contributed by atoms with Crippen molar-refractivity contribution in [2.24, 2.45) is 0 Å². The van der Waals surface area contributed by atoms with Gasteiger partial charge in [-0.05, 0) is 30.7 Å². The van der Waals surface area contributed by atoms with Gasteiger partial charge in [-0.25, -0.2) is 0 Å². The van der Waals surface area contributed by atoms with Gasteiger partial charge in [0.25, 0.3) is 0 Å². The summed E-state index contributed by atoms with van der Waals surface area (Å²) in [6, 6.07) is 8.35. The molecule has 2 aliphatic rings. The highest BCUT2D eigenvalue weighted by Crippen LogP contribution is 2.20. The van der Waals surface area contributed by atoms with Crippen LogP contribution < -0.4 is 10.2 Å². The molecule has 0 spiro atoms. The van der Waals surface area contributed by atoms with Gasteiger partial charge in [-0.3, -0.25) is 4.90 Å². The summed E-state index contributed by atoms with van der Waals surface area (Å²) in [6.07, 6.45) is 0.906. The molecule has 0 amide bonds. The normalized spacial score (nSPS) is 28.6. The summed E-state index contributed by atoms with van der Waals surface area (Å²) in [6.45, 7) is 5.77. The summed E-state index contributed by atoms with van der Waals surface area (Å²) in [5.74, 6) is 0. The van der Waals surface area contributed by atoms with E-state index in [1.807, 2.05) is 12.1 Å². The van der Waals surface area contributed by atoms with Crippen LogP contribution in [0, 0.1) is 0 Å². The Labute approximate surface area is 125 Å². The fraction of sp³-hybridized carbons (Fsp3) is 0.600. The summed E-state index contributed by atoms with van der Waals surface area (Å²) >= 11 is 5.95. The Morgan fingerprint density at radius 1 is 1.05 bits per heavy atom. The van der Waals surface area contributed by atoms with Crippen molar-refractivity contribution >= 4 is 17.3 Å². The lowest BCUT2D eigenvalue weighted by Crippen LogP contribution is -2.45. The molecule has 0 aromatic heterocycles. The second-order valence-corrected chi connectivity index (χ2v) is 6.08. The number of nitrogens with zero attached hydrogens (tertiary/aromatic N) is 2. The van der Waals surface area contributed by atoms with E-state index >= 15 is 0 Å². The van der Waals surface area contributed by atoms with Crippen molar-refractivity contribution in [2.75, 3.05) is 44.2 Å². The molecule has 0 bridgehead atoms. The summed E-state index contributed by atoms with van der Waals surface area (Å²) in [4.78, 5) is 4.84. The maximum Gasteiger partial charge on any atom is 0.0831 e. The van der Waals surface area contributed by atoms with Crippen molar-refractivity contribution in [2.45, 2.75) is 18.6 Å². The van der Waals surface area contributed by atoms with Crippen LogP contribution in [0.4, 0.5) is 5.69 Å². The van der Waals surface area contributed by atoms with Crippen LogP contribution in [-0.2, 0) is 0 Å². The number of benzene rings is 1. The van der Waals surface area contributed by atoms with Crippen molar-refractivity contribution < 1.29 is 5.11 Å². The standard InChI is InChI=1S/C15H22ClN3O/c16-12-2-4-13(5-3-12)18-6-1-7-19(9-8-18)14-10-17-11-15(14)20/h2-5,14-15,17,20H,1,6-11H2/t14-,15-/m0/s1. The van der Waals surface area contributed by atoms with Gasteiger partial charge in [0.1, 0.15) is 0 Å². The second kappa shape index (κ2) is 6.31. The third-order valence-corrected chi connectivity index (χ3v) is 4.59. The van der Waals surface area contributed by atoms with Crippen LogP contribution >= 0.6 is 11.6 Å². The number of halogens is 1.